The maximum atomic E-state index is 13.0. The van der Waals surface area contributed by atoms with Crippen LogP contribution in [0, 0.1) is 11.7 Å². The van der Waals surface area contributed by atoms with Gasteiger partial charge in [0.25, 0.3) is 5.91 Å². The largest absolute Gasteiger partial charge is 0.352 e. The number of carbonyl (C=O) groups excluding carboxylic acids is 1. The Morgan fingerprint density at radius 1 is 1.58 bits per heavy atom. The Hall–Kier alpha value is -1.20. The van der Waals surface area contributed by atoms with Gasteiger partial charge in [-0.3, -0.25) is 4.79 Å². The smallest absolute Gasteiger partial charge is 0.254 e. The highest BCUT2D eigenvalue weighted by Crippen LogP contribution is 2.16. The quantitative estimate of drug-likeness (QED) is 0.864. The van der Waals surface area contributed by atoms with Crippen LogP contribution < -0.4 is 5.32 Å². The number of piperidine rings is 1. The van der Waals surface area contributed by atoms with Gasteiger partial charge < -0.3 is 10.2 Å². The van der Waals surface area contributed by atoms with Crippen LogP contribution in [0.25, 0.3) is 0 Å². The summed E-state index contributed by atoms with van der Waals surface area (Å²) in [4.78, 5) is 17.8. The molecule has 0 aliphatic carbocycles. The van der Waals surface area contributed by atoms with Crippen LogP contribution in [-0.2, 0) is 0 Å². The fraction of sp³-hybridized carbons (Fsp3) is 0.538. The molecule has 1 amide bonds. The van der Waals surface area contributed by atoms with E-state index in [1.165, 1.54) is 0 Å². The molecule has 2 rings (SSSR count). The van der Waals surface area contributed by atoms with Gasteiger partial charge in [-0.2, -0.15) is 0 Å². The average molecular weight is 286 g/mol. The molecule has 6 heteroatoms. The van der Waals surface area contributed by atoms with Crippen molar-refractivity contribution >= 4 is 17.5 Å². The molecule has 1 fully saturated rings. The van der Waals surface area contributed by atoms with Crippen molar-refractivity contribution < 1.29 is 9.18 Å². The molecule has 4 nitrogen and oxygen atoms in total. The van der Waals surface area contributed by atoms with Crippen molar-refractivity contribution in [2.24, 2.45) is 5.92 Å². The summed E-state index contributed by atoms with van der Waals surface area (Å²) >= 11 is 5.79. The third kappa shape index (κ3) is 3.88. The molecule has 0 aromatic carbocycles. The van der Waals surface area contributed by atoms with Crippen molar-refractivity contribution in [3.8, 4) is 0 Å². The van der Waals surface area contributed by atoms with Crippen LogP contribution in [-0.4, -0.2) is 42.5 Å². The normalized spacial score (nSPS) is 17.4. The van der Waals surface area contributed by atoms with Crippen LogP contribution in [0.1, 0.15) is 23.2 Å². The number of halogens is 2. The summed E-state index contributed by atoms with van der Waals surface area (Å²) in [5.41, 5.74) is 0.0922. The lowest BCUT2D eigenvalue weighted by atomic mass is 9.97. The molecule has 104 valence electrons. The predicted molar refractivity (Wildman–Crippen MR) is 71.8 cm³/mol. The number of likely N-dealkylation sites (tertiary alicyclic amines) is 1. The fourth-order valence-electron chi connectivity index (χ4n) is 2.18. The number of nitrogens with zero attached hydrogens (tertiary/aromatic N) is 2. The molecule has 1 aromatic rings. The molecule has 0 bridgehead atoms. The van der Waals surface area contributed by atoms with E-state index in [0.717, 1.165) is 38.2 Å². The van der Waals surface area contributed by atoms with E-state index < -0.39 is 5.82 Å². The van der Waals surface area contributed by atoms with E-state index in [4.69, 9.17) is 11.6 Å². The summed E-state index contributed by atoms with van der Waals surface area (Å²) in [6.07, 6.45) is 3.12. The number of pyridine rings is 1. The minimum absolute atomic E-state index is 0.0299. The van der Waals surface area contributed by atoms with Crippen LogP contribution in [0.15, 0.2) is 12.3 Å². The first-order valence-electron chi connectivity index (χ1n) is 6.34. The van der Waals surface area contributed by atoms with E-state index in [0.29, 0.717) is 12.5 Å². The number of rotatable bonds is 3. The van der Waals surface area contributed by atoms with Gasteiger partial charge in [0, 0.05) is 6.54 Å². The molecule has 1 aliphatic heterocycles. The maximum Gasteiger partial charge on any atom is 0.254 e. The molecule has 1 aliphatic rings. The van der Waals surface area contributed by atoms with E-state index >= 15 is 0 Å². The minimum atomic E-state index is -0.561. The number of amides is 1. The lowest BCUT2D eigenvalue weighted by molar-refractivity contribution is 0.0938. The van der Waals surface area contributed by atoms with Crippen LogP contribution in [0.5, 0.6) is 0 Å². The second-order valence-corrected chi connectivity index (χ2v) is 5.31. The first-order chi connectivity index (χ1) is 9.06. The van der Waals surface area contributed by atoms with E-state index in [1.807, 2.05) is 0 Å². The molecule has 19 heavy (non-hydrogen) atoms. The third-order valence-electron chi connectivity index (χ3n) is 3.44. The topological polar surface area (TPSA) is 45.2 Å². The first kappa shape index (κ1) is 14.2. The molecule has 1 aromatic heterocycles. The zero-order valence-electron chi connectivity index (χ0n) is 10.8. The Kier molecular flexibility index (Phi) is 4.71. The molecule has 0 spiro atoms. The molecule has 0 radical (unpaired) electrons. The molecular formula is C13H17ClFN3O. The van der Waals surface area contributed by atoms with Gasteiger partial charge in [-0.1, -0.05) is 11.6 Å². The van der Waals surface area contributed by atoms with Crippen molar-refractivity contribution in [3.63, 3.8) is 0 Å². The number of hydrogen-bond donors (Lipinski definition) is 1. The molecule has 0 atom stereocenters. The Morgan fingerprint density at radius 2 is 2.26 bits per heavy atom. The van der Waals surface area contributed by atoms with Gasteiger partial charge in [-0.25, -0.2) is 9.37 Å². The second kappa shape index (κ2) is 6.30. The average Bonchev–Trinajstić information content (AvgIpc) is 2.40. The molecule has 0 saturated carbocycles. The van der Waals surface area contributed by atoms with E-state index in [1.54, 1.807) is 0 Å². The Bertz CT molecular complexity index is 461. The predicted octanol–water partition coefficient (Wildman–Crippen LogP) is 1.95. The zero-order valence-corrected chi connectivity index (χ0v) is 11.6. The molecular weight excluding hydrogens is 269 g/mol. The Balaban J connectivity index is 1.89. The Labute approximate surface area is 117 Å². The van der Waals surface area contributed by atoms with Crippen molar-refractivity contribution in [2.45, 2.75) is 12.8 Å². The highest BCUT2D eigenvalue weighted by Gasteiger charge is 2.18. The minimum Gasteiger partial charge on any atom is -0.352 e. The maximum absolute atomic E-state index is 13.0. The number of hydrogen-bond acceptors (Lipinski definition) is 3. The second-order valence-electron chi connectivity index (χ2n) is 4.95. The van der Waals surface area contributed by atoms with E-state index in [9.17, 15) is 9.18 Å². The number of nitrogens with one attached hydrogen (secondary N) is 1. The van der Waals surface area contributed by atoms with Gasteiger partial charge >= 0.3 is 0 Å². The van der Waals surface area contributed by atoms with Crippen molar-refractivity contribution in [1.29, 1.82) is 0 Å². The standard InChI is InChI=1S/C13H17ClFN3O/c1-18-4-2-9(3-5-18)7-17-13(19)11-6-10(15)8-16-12(11)14/h6,8-9H,2-5,7H2,1H3,(H,17,19). The molecule has 1 N–H and O–H groups in total. The summed E-state index contributed by atoms with van der Waals surface area (Å²) in [5.74, 6) is -0.454. The van der Waals surface area contributed by atoms with Gasteiger partial charge in [0.05, 0.1) is 11.8 Å². The lowest BCUT2D eigenvalue weighted by Crippen LogP contribution is -2.37. The summed E-state index contributed by atoms with van der Waals surface area (Å²) in [7, 11) is 2.09. The first-order valence-corrected chi connectivity index (χ1v) is 6.72. The third-order valence-corrected chi connectivity index (χ3v) is 3.74. The van der Waals surface area contributed by atoms with Crippen molar-refractivity contribution in [2.75, 3.05) is 26.7 Å². The van der Waals surface area contributed by atoms with Crippen LogP contribution in [0.4, 0.5) is 4.39 Å². The monoisotopic (exact) mass is 285 g/mol. The van der Waals surface area contributed by atoms with Gasteiger partial charge in [-0.15, -0.1) is 0 Å². The summed E-state index contributed by atoms with van der Waals surface area (Å²) in [5, 5.41) is 2.83. The fourth-order valence-corrected chi connectivity index (χ4v) is 2.37. The zero-order chi connectivity index (χ0) is 13.8. The highest BCUT2D eigenvalue weighted by molar-refractivity contribution is 6.32. The van der Waals surface area contributed by atoms with E-state index in [2.05, 4.69) is 22.2 Å². The number of aromatic nitrogens is 1. The van der Waals surface area contributed by atoms with Gasteiger partial charge in [0.1, 0.15) is 11.0 Å². The van der Waals surface area contributed by atoms with E-state index in [-0.39, 0.29) is 16.6 Å². The lowest BCUT2D eigenvalue weighted by Gasteiger charge is -2.28. The van der Waals surface area contributed by atoms with Crippen LogP contribution >= 0.6 is 11.6 Å². The van der Waals surface area contributed by atoms with Crippen LogP contribution in [0.3, 0.4) is 0 Å². The van der Waals surface area contributed by atoms with Gasteiger partial charge in [0.2, 0.25) is 0 Å². The van der Waals surface area contributed by atoms with Crippen molar-refractivity contribution in [3.05, 3.63) is 28.8 Å². The molecule has 2 heterocycles. The van der Waals surface area contributed by atoms with Gasteiger partial charge in [0.15, 0.2) is 0 Å². The summed E-state index contributed by atoms with van der Waals surface area (Å²) < 4.78 is 13.0. The molecule has 1 saturated heterocycles. The highest BCUT2D eigenvalue weighted by atomic mass is 35.5. The van der Waals surface area contributed by atoms with Crippen LogP contribution in [0.2, 0.25) is 5.15 Å². The number of carbonyl (C=O) groups is 1. The Morgan fingerprint density at radius 3 is 2.95 bits per heavy atom. The summed E-state index contributed by atoms with van der Waals surface area (Å²) in [6.45, 7) is 2.69. The summed E-state index contributed by atoms with van der Waals surface area (Å²) in [6, 6.07) is 1.11. The van der Waals surface area contributed by atoms with Gasteiger partial charge in [-0.05, 0) is 45.0 Å². The SMILES string of the molecule is CN1CCC(CNC(=O)c2cc(F)cnc2Cl)CC1. The van der Waals surface area contributed by atoms with Crippen molar-refractivity contribution in [1.82, 2.24) is 15.2 Å². The molecule has 0 unspecified atom stereocenters.